The number of nitrogens with zero attached hydrogens (tertiary/aromatic N) is 5. The maximum atomic E-state index is 5.79. The van der Waals surface area contributed by atoms with Crippen LogP contribution in [-0.2, 0) is 4.67 Å². The van der Waals surface area contributed by atoms with E-state index in [4.69, 9.17) is 15.7 Å². The van der Waals surface area contributed by atoms with Crippen LogP contribution in [-0.4, -0.2) is 80.0 Å². The van der Waals surface area contributed by atoms with Crippen LogP contribution in [0.4, 0.5) is 5.82 Å². The number of hydrogen-bond donors (Lipinski definition) is 2. The topological polar surface area (TPSA) is 49.2 Å². The third-order valence-corrected chi connectivity index (χ3v) is 5.52. The van der Waals surface area contributed by atoms with Crippen LogP contribution in [0.25, 0.3) is 21.9 Å². The van der Waals surface area contributed by atoms with Gasteiger partial charge in [0, 0.05) is 66.4 Å². The van der Waals surface area contributed by atoms with Gasteiger partial charge in [0.15, 0.2) is 0 Å². The van der Waals surface area contributed by atoms with Gasteiger partial charge in [0.2, 0.25) is 0 Å². The SMILES string of the molecule is [B]C([B])(S)n1cc(-c2ccc3cnc(NC(=C)CN4CCN(C)CC4)cc3c2)cn1. The molecule has 0 aliphatic carbocycles. The molecule has 9 heteroatoms. The molecule has 1 saturated heterocycles. The number of fused-ring (bicyclic) bond motifs is 1. The van der Waals surface area contributed by atoms with Crippen molar-refractivity contribution in [2.24, 2.45) is 0 Å². The minimum atomic E-state index is -1.33. The van der Waals surface area contributed by atoms with Crippen LogP contribution in [0.1, 0.15) is 0 Å². The molecule has 30 heavy (non-hydrogen) atoms. The first-order valence-corrected chi connectivity index (χ1v) is 10.3. The summed E-state index contributed by atoms with van der Waals surface area (Å²) in [7, 11) is 13.7. The molecule has 1 aromatic carbocycles. The number of anilines is 1. The smallest absolute Gasteiger partial charge is 0.130 e. The molecule has 3 heterocycles. The Balaban J connectivity index is 1.49. The van der Waals surface area contributed by atoms with Gasteiger partial charge < -0.3 is 10.2 Å². The van der Waals surface area contributed by atoms with Gasteiger partial charge in [-0.1, -0.05) is 18.7 Å². The van der Waals surface area contributed by atoms with Crippen LogP contribution in [0.2, 0.25) is 0 Å². The van der Waals surface area contributed by atoms with E-state index in [-0.39, 0.29) is 0 Å². The summed E-state index contributed by atoms with van der Waals surface area (Å²) in [5.41, 5.74) is 2.87. The van der Waals surface area contributed by atoms with E-state index in [1.54, 1.807) is 12.4 Å². The van der Waals surface area contributed by atoms with Gasteiger partial charge in [0.05, 0.1) is 6.20 Å². The number of pyridine rings is 1. The summed E-state index contributed by atoms with van der Waals surface area (Å²) < 4.78 is 0.0950. The number of thiol groups is 1. The molecule has 6 nitrogen and oxygen atoms in total. The minimum absolute atomic E-state index is 0.785. The summed E-state index contributed by atoms with van der Waals surface area (Å²) in [4.78, 5) is 9.28. The summed E-state index contributed by atoms with van der Waals surface area (Å²) in [6.45, 7) is 9.28. The van der Waals surface area contributed by atoms with Crippen LogP contribution in [0.5, 0.6) is 0 Å². The highest BCUT2D eigenvalue weighted by atomic mass is 32.1. The zero-order chi connectivity index (χ0) is 21.3. The zero-order valence-corrected chi connectivity index (χ0v) is 18.0. The molecule has 0 spiro atoms. The molecule has 0 atom stereocenters. The van der Waals surface area contributed by atoms with Crippen LogP contribution < -0.4 is 5.32 Å². The summed E-state index contributed by atoms with van der Waals surface area (Å²) in [6.07, 6.45) is 5.38. The summed E-state index contributed by atoms with van der Waals surface area (Å²) in [5.74, 6) is 0.785. The van der Waals surface area contributed by atoms with E-state index in [2.05, 4.69) is 57.5 Å². The van der Waals surface area contributed by atoms with Crippen molar-refractivity contribution in [1.82, 2.24) is 24.6 Å². The number of rotatable bonds is 6. The molecule has 4 radical (unpaired) electrons. The lowest BCUT2D eigenvalue weighted by Gasteiger charge is -2.32. The Hall–Kier alpha value is -2.22. The molecule has 1 fully saturated rings. The van der Waals surface area contributed by atoms with E-state index in [0.717, 1.165) is 66.1 Å². The van der Waals surface area contributed by atoms with E-state index in [9.17, 15) is 0 Å². The highest BCUT2D eigenvalue weighted by Crippen LogP contribution is 2.26. The average Bonchev–Trinajstić information content (AvgIpc) is 3.20. The van der Waals surface area contributed by atoms with Crippen molar-refractivity contribution in [3.05, 3.63) is 55.1 Å². The van der Waals surface area contributed by atoms with Crippen molar-refractivity contribution in [1.29, 1.82) is 0 Å². The molecule has 4 rings (SSSR count). The Morgan fingerprint density at radius 2 is 1.90 bits per heavy atom. The number of hydrogen-bond acceptors (Lipinski definition) is 6. The number of aromatic nitrogens is 3. The van der Waals surface area contributed by atoms with Crippen LogP contribution in [0.15, 0.2) is 55.1 Å². The number of benzene rings is 1. The Labute approximate surface area is 185 Å². The first kappa shape index (κ1) is 21.0. The van der Waals surface area contributed by atoms with Gasteiger partial charge >= 0.3 is 0 Å². The molecule has 3 aromatic rings. The number of likely N-dealkylation sites (N-methyl/N-ethyl adjacent to an activating group) is 1. The zero-order valence-electron chi connectivity index (χ0n) is 17.1. The van der Waals surface area contributed by atoms with E-state index in [1.807, 2.05) is 24.4 Å². The number of nitrogens with one attached hydrogen (secondary N) is 1. The lowest BCUT2D eigenvalue weighted by Crippen LogP contribution is -2.45. The van der Waals surface area contributed by atoms with Gasteiger partial charge in [-0.2, -0.15) is 17.7 Å². The highest BCUT2D eigenvalue weighted by molar-refractivity contribution is 7.83. The van der Waals surface area contributed by atoms with Crippen molar-refractivity contribution in [3.63, 3.8) is 0 Å². The van der Waals surface area contributed by atoms with Crippen molar-refractivity contribution in [3.8, 4) is 11.1 Å². The monoisotopic (exact) mass is 414 g/mol. The number of piperazine rings is 1. The van der Waals surface area contributed by atoms with E-state index < -0.39 is 4.67 Å². The predicted octanol–water partition coefficient (Wildman–Crippen LogP) is 2.11. The molecule has 0 unspecified atom stereocenters. The fourth-order valence-corrected chi connectivity index (χ4v) is 3.66. The maximum Gasteiger partial charge on any atom is 0.130 e. The van der Waals surface area contributed by atoms with E-state index in [1.165, 1.54) is 4.68 Å². The van der Waals surface area contributed by atoms with Gasteiger partial charge in [0.25, 0.3) is 0 Å². The molecular weight excluding hydrogens is 390 g/mol. The minimum Gasteiger partial charge on any atom is -0.343 e. The summed E-state index contributed by atoms with van der Waals surface area (Å²) in [6, 6.07) is 8.20. The summed E-state index contributed by atoms with van der Waals surface area (Å²) >= 11 is 4.15. The van der Waals surface area contributed by atoms with Gasteiger partial charge in [-0.15, -0.1) is 0 Å². The summed E-state index contributed by atoms with van der Waals surface area (Å²) in [5, 5.41) is 9.69. The van der Waals surface area contributed by atoms with Crippen molar-refractivity contribution < 1.29 is 0 Å². The van der Waals surface area contributed by atoms with Gasteiger partial charge in [-0.25, -0.2) is 4.98 Å². The van der Waals surface area contributed by atoms with Crippen molar-refractivity contribution in [2.75, 3.05) is 45.1 Å². The standard InChI is InChI=1S/C21H24B2N6S/c1-15(13-28-7-5-27(2)6-8-28)26-20-10-18-9-16(3-4-17(18)11-24-20)19-12-25-29(14-19)21(22,23)30/h3-4,9-12,14,30H,1,5-8,13H2,2H3,(H,24,26). The Morgan fingerprint density at radius 3 is 2.60 bits per heavy atom. The molecule has 1 aliphatic rings. The first-order chi connectivity index (χ1) is 14.3. The largest absolute Gasteiger partial charge is 0.343 e. The molecular formula is C21H24B2N6S. The average molecular weight is 414 g/mol. The normalized spacial score (nSPS) is 16.1. The molecule has 2 aromatic heterocycles. The lowest BCUT2D eigenvalue weighted by atomic mass is 9.77. The Kier molecular flexibility index (Phi) is 5.95. The second-order valence-corrected chi connectivity index (χ2v) is 8.61. The second-order valence-electron chi connectivity index (χ2n) is 7.90. The van der Waals surface area contributed by atoms with Crippen molar-refractivity contribution >= 4 is 44.9 Å². The molecule has 150 valence electrons. The second kappa shape index (κ2) is 8.49. The fraction of sp³-hybridized carbons (Fsp3) is 0.333. The van der Waals surface area contributed by atoms with Crippen LogP contribution >= 0.6 is 12.6 Å². The molecule has 1 aliphatic heterocycles. The van der Waals surface area contributed by atoms with Crippen LogP contribution in [0, 0.1) is 0 Å². The predicted molar refractivity (Wildman–Crippen MR) is 128 cm³/mol. The van der Waals surface area contributed by atoms with Gasteiger partial charge in [-0.05, 0) is 30.1 Å². The third-order valence-electron chi connectivity index (χ3n) is 5.32. The van der Waals surface area contributed by atoms with E-state index in [0.29, 0.717) is 0 Å². The van der Waals surface area contributed by atoms with Gasteiger partial charge in [0.1, 0.15) is 21.5 Å². The Morgan fingerprint density at radius 1 is 1.13 bits per heavy atom. The molecule has 0 saturated carbocycles. The van der Waals surface area contributed by atoms with Crippen molar-refractivity contribution in [2.45, 2.75) is 4.67 Å². The fourth-order valence-electron chi connectivity index (χ4n) is 3.55. The maximum absolute atomic E-state index is 5.79. The third kappa shape index (κ3) is 4.91. The van der Waals surface area contributed by atoms with E-state index >= 15 is 0 Å². The Bertz CT molecular complexity index is 1050. The first-order valence-electron chi connectivity index (χ1n) is 9.89. The van der Waals surface area contributed by atoms with Gasteiger partial charge in [-0.3, -0.25) is 9.58 Å². The molecule has 1 N–H and O–H groups in total. The quantitative estimate of drug-likeness (QED) is 0.478. The highest BCUT2D eigenvalue weighted by Gasteiger charge is 2.16. The van der Waals surface area contributed by atoms with Crippen LogP contribution in [0.3, 0.4) is 0 Å². The lowest BCUT2D eigenvalue weighted by molar-refractivity contribution is 0.164. The molecule has 0 amide bonds. The molecule has 0 bridgehead atoms.